The fraction of sp³-hybridized carbons (Fsp3) is 0.400. The van der Waals surface area contributed by atoms with Crippen LogP contribution in [-0.2, 0) is 6.54 Å². The summed E-state index contributed by atoms with van der Waals surface area (Å²) in [5.41, 5.74) is 1.00. The van der Waals surface area contributed by atoms with Crippen molar-refractivity contribution in [3.05, 3.63) is 41.9 Å². The van der Waals surface area contributed by atoms with E-state index in [1.807, 2.05) is 26.8 Å². The molecule has 0 radical (unpaired) electrons. The quantitative estimate of drug-likeness (QED) is 0.854. The van der Waals surface area contributed by atoms with Crippen LogP contribution in [0.1, 0.15) is 48.8 Å². The van der Waals surface area contributed by atoms with Gasteiger partial charge in [-0.2, -0.15) is 0 Å². The van der Waals surface area contributed by atoms with E-state index in [0.717, 1.165) is 0 Å². The van der Waals surface area contributed by atoms with Crippen LogP contribution in [-0.4, -0.2) is 22.4 Å². The molecule has 2 rings (SSSR count). The van der Waals surface area contributed by atoms with Crippen LogP contribution in [0.4, 0.5) is 5.69 Å². The fourth-order valence-corrected chi connectivity index (χ4v) is 1.83. The highest BCUT2D eigenvalue weighted by Gasteiger charge is 2.16. The van der Waals surface area contributed by atoms with Gasteiger partial charge in [0.1, 0.15) is 11.6 Å². The first kappa shape index (κ1) is 15.0. The van der Waals surface area contributed by atoms with Gasteiger partial charge in [0.25, 0.3) is 5.91 Å². The van der Waals surface area contributed by atoms with Crippen LogP contribution in [0.3, 0.4) is 0 Å². The van der Waals surface area contributed by atoms with E-state index < -0.39 is 0 Å². The molecular weight excluding hydrogens is 268 g/mol. The highest BCUT2D eigenvalue weighted by molar-refractivity contribution is 5.97. The number of carbonyl (C=O) groups excluding carboxylic acids is 1. The standard InChI is InChI=1S/C15H20N4O2/c1-4-16-12-9-17-14(10(2)3)19-13(12)15(20)18-8-11-6-5-7-21-11/h5-7,9-10,16H,4,8H2,1-3H3,(H,18,20). The van der Waals surface area contributed by atoms with Crippen LogP contribution in [0.2, 0.25) is 0 Å². The molecule has 0 aromatic carbocycles. The molecule has 1 amide bonds. The van der Waals surface area contributed by atoms with E-state index in [4.69, 9.17) is 4.42 Å². The number of furan rings is 1. The second-order valence-electron chi connectivity index (χ2n) is 4.94. The van der Waals surface area contributed by atoms with E-state index in [1.165, 1.54) is 0 Å². The van der Waals surface area contributed by atoms with Gasteiger partial charge in [-0.3, -0.25) is 4.79 Å². The van der Waals surface area contributed by atoms with Gasteiger partial charge in [-0.15, -0.1) is 0 Å². The van der Waals surface area contributed by atoms with E-state index in [9.17, 15) is 4.79 Å². The van der Waals surface area contributed by atoms with Crippen LogP contribution < -0.4 is 10.6 Å². The molecule has 2 aromatic heterocycles. The summed E-state index contributed by atoms with van der Waals surface area (Å²) >= 11 is 0. The van der Waals surface area contributed by atoms with E-state index in [2.05, 4.69) is 20.6 Å². The molecule has 0 spiro atoms. The minimum Gasteiger partial charge on any atom is -0.467 e. The molecule has 0 fully saturated rings. The van der Waals surface area contributed by atoms with Crippen molar-refractivity contribution >= 4 is 11.6 Å². The van der Waals surface area contributed by atoms with Crippen molar-refractivity contribution in [1.82, 2.24) is 15.3 Å². The van der Waals surface area contributed by atoms with Crippen LogP contribution >= 0.6 is 0 Å². The molecule has 0 aliphatic carbocycles. The lowest BCUT2D eigenvalue weighted by Gasteiger charge is -2.12. The Morgan fingerprint density at radius 3 is 2.86 bits per heavy atom. The summed E-state index contributed by atoms with van der Waals surface area (Å²) in [4.78, 5) is 21.0. The van der Waals surface area contributed by atoms with Crippen molar-refractivity contribution in [1.29, 1.82) is 0 Å². The van der Waals surface area contributed by atoms with Crippen LogP contribution in [0, 0.1) is 0 Å². The molecule has 0 aliphatic rings. The molecule has 0 unspecified atom stereocenters. The van der Waals surface area contributed by atoms with Crippen LogP contribution in [0.25, 0.3) is 0 Å². The lowest BCUT2D eigenvalue weighted by atomic mass is 10.2. The molecule has 0 saturated heterocycles. The van der Waals surface area contributed by atoms with Gasteiger partial charge in [-0.05, 0) is 19.1 Å². The minimum absolute atomic E-state index is 0.164. The maximum atomic E-state index is 12.3. The van der Waals surface area contributed by atoms with Gasteiger partial charge >= 0.3 is 0 Å². The molecular formula is C15H20N4O2. The summed E-state index contributed by atoms with van der Waals surface area (Å²) in [7, 11) is 0. The summed E-state index contributed by atoms with van der Waals surface area (Å²) in [5, 5.41) is 5.91. The normalized spacial score (nSPS) is 10.7. The molecule has 2 N–H and O–H groups in total. The summed E-state index contributed by atoms with van der Waals surface area (Å²) in [5.74, 6) is 1.27. The highest BCUT2D eigenvalue weighted by atomic mass is 16.3. The van der Waals surface area contributed by atoms with Gasteiger partial charge < -0.3 is 15.1 Å². The molecule has 2 heterocycles. The number of rotatable bonds is 6. The molecule has 0 saturated carbocycles. The van der Waals surface area contributed by atoms with E-state index in [0.29, 0.717) is 36.1 Å². The Morgan fingerprint density at radius 1 is 1.43 bits per heavy atom. The Balaban J connectivity index is 2.18. The van der Waals surface area contributed by atoms with Crippen molar-refractivity contribution in [3.8, 4) is 0 Å². The predicted molar refractivity (Wildman–Crippen MR) is 80.2 cm³/mol. The second kappa shape index (κ2) is 6.88. The third-order valence-corrected chi connectivity index (χ3v) is 2.91. The Kier molecular flexibility index (Phi) is 4.92. The molecule has 0 atom stereocenters. The number of anilines is 1. The number of hydrogen-bond donors (Lipinski definition) is 2. The van der Waals surface area contributed by atoms with Gasteiger partial charge in [-0.25, -0.2) is 9.97 Å². The van der Waals surface area contributed by atoms with Crippen LogP contribution in [0.5, 0.6) is 0 Å². The van der Waals surface area contributed by atoms with Gasteiger partial charge in [0, 0.05) is 12.5 Å². The molecule has 6 heteroatoms. The predicted octanol–water partition coefficient (Wildman–Crippen LogP) is 2.55. The Labute approximate surface area is 124 Å². The summed E-state index contributed by atoms with van der Waals surface area (Å²) in [6, 6.07) is 3.60. The zero-order chi connectivity index (χ0) is 15.2. The number of carbonyl (C=O) groups is 1. The second-order valence-corrected chi connectivity index (χ2v) is 4.94. The maximum Gasteiger partial charge on any atom is 0.272 e. The number of nitrogens with one attached hydrogen (secondary N) is 2. The third-order valence-electron chi connectivity index (χ3n) is 2.91. The van der Waals surface area contributed by atoms with Gasteiger partial charge in [0.05, 0.1) is 24.7 Å². The molecule has 2 aromatic rings. The first-order chi connectivity index (χ1) is 10.1. The SMILES string of the molecule is CCNc1cnc(C(C)C)nc1C(=O)NCc1ccco1. The lowest BCUT2D eigenvalue weighted by molar-refractivity contribution is 0.0943. The average molecular weight is 288 g/mol. The first-order valence-electron chi connectivity index (χ1n) is 7.03. The molecule has 21 heavy (non-hydrogen) atoms. The Hall–Kier alpha value is -2.37. The van der Waals surface area contributed by atoms with Crippen molar-refractivity contribution in [3.63, 3.8) is 0 Å². The Morgan fingerprint density at radius 2 is 2.24 bits per heavy atom. The number of amides is 1. The van der Waals surface area contributed by atoms with E-state index in [-0.39, 0.29) is 11.8 Å². The first-order valence-corrected chi connectivity index (χ1v) is 7.03. The molecule has 112 valence electrons. The third kappa shape index (κ3) is 3.81. The van der Waals surface area contributed by atoms with E-state index >= 15 is 0 Å². The van der Waals surface area contributed by atoms with Crippen LogP contribution in [0.15, 0.2) is 29.0 Å². The monoisotopic (exact) mass is 288 g/mol. The maximum absolute atomic E-state index is 12.3. The summed E-state index contributed by atoms with van der Waals surface area (Å²) < 4.78 is 5.20. The van der Waals surface area contributed by atoms with Gasteiger partial charge in [-0.1, -0.05) is 13.8 Å². The number of aromatic nitrogens is 2. The average Bonchev–Trinajstić information content (AvgIpc) is 2.98. The summed E-state index contributed by atoms with van der Waals surface area (Å²) in [6.07, 6.45) is 3.24. The zero-order valence-corrected chi connectivity index (χ0v) is 12.5. The topological polar surface area (TPSA) is 80.0 Å². The van der Waals surface area contributed by atoms with Crippen molar-refractivity contribution in [2.75, 3.05) is 11.9 Å². The fourth-order valence-electron chi connectivity index (χ4n) is 1.83. The molecule has 0 bridgehead atoms. The van der Waals surface area contributed by atoms with Crippen molar-refractivity contribution < 1.29 is 9.21 Å². The number of hydrogen-bond acceptors (Lipinski definition) is 5. The van der Waals surface area contributed by atoms with Gasteiger partial charge in [0.15, 0.2) is 5.69 Å². The Bertz CT molecular complexity index is 594. The highest BCUT2D eigenvalue weighted by Crippen LogP contribution is 2.16. The van der Waals surface area contributed by atoms with Crippen molar-refractivity contribution in [2.24, 2.45) is 0 Å². The number of nitrogens with zero attached hydrogens (tertiary/aromatic N) is 2. The largest absolute Gasteiger partial charge is 0.467 e. The zero-order valence-electron chi connectivity index (χ0n) is 12.5. The smallest absolute Gasteiger partial charge is 0.272 e. The molecule has 6 nitrogen and oxygen atoms in total. The van der Waals surface area contributed by atoms with Crippen molar-refractivity contribution in [2.45, 2.75) is 33.2 Å². The minimum atomic E-state index is -0.244. The lowest BCUT2D eigenvalue weighted by Crippen LogP contribution is -2.25. The van der Waals surface area contributed by atoms with Gasteiger partial charge in [0.2, 0.25) is 0 Å². The molecule has 0 aliphatic heterocycles. The van der Waals surface area contributed by atoms with E-state index in [1.54, 1.807) is 18.5 Å². The summed E-state index contributed by atoms with van der Waals surface area (Å²) in [6.45, 7) is 6.97.